The number of nitrogens with one attached hydrogen (secondary N) is 1. The summed E-state index contributed by atoms with van der Waals surface area (Å²) >= 11 is 0. The van der Waals surface area contributed by atoms with Gasteiger partial charge in [-0.1, -0.05) is 43.4 Å². The van der Waals surface area contributed by atoms with E-state index in [1.807, 2.05) is 30.3 Å². The second-order valence-corrected chi connectivity index (χ2v) is 5.80. The summed E-state index contributed by atoms with van der Waals surface area (Å²) in [6.45, 7) is 2.55. The number of aryl methyl sites for hydroxylation is 1. The van der Waals surface area contributed by atoms with E-state index in [4.69, 9.17) is 0 Å². The Balaban J connectivity index is 2.06. The summed E-state index contributed by atoms with van der Waals surface area (Å²) in [4.78, 5) is 22.2. The largest absolute Gasteiger partial charge is 0.352 e. The molecule has 0 aromatic heterocycles. The second-order valence-electron chi connectivity index (χ2n) is 5.80. The number of carbonyl (C=O) groups excluding carboxylic acids is 2. The molecule has 3 heteroatoms. The van der Waals surface area contributed by atoms with Gasteiger partial charge in [-0.25, -0.2) is 0 Å². The fourth-order valence-electron chi connectivity index (χ4n) is 2.42. The minimum Gasteiger partial charge on any atom is -0.352 e. The molecule has 0 atom stereocenters. The summed E-state index contributed by atoms with van der Waals surface area (Å²) in [5.74, 6) is 6.23. The first-order valence-electron chi connectivity index (χ1n) is 8.66. The fourth-order valence-corrected chi connectivity index (χ4v) is 2.42. The molecule has 0 aliphatic carbocycles. The first-order chi connectivity index (χ1) is 12.2. The Kier molecular flexibility index (Phi) is 7.46. The monoisotopic (exact) mass is 333 g/mol. The highest BCUT2D eigenvalue weighted by molar-refractivity contribution is 5.94. The van der Waals surface area contributed by atoms with Crippen LogP contribution in [0.1, 0.15) is 53.2 Å². The zero-order chi connectivity index (χ0) is 17.9. The lowest BCUT2D eigenvalue weighted by Gasteiger charge is -2.03. The molecule has 0 fully saturated rings. The molecule has 0 unspecified atom stereocenters. The maximum absolute atomic E-state index is 11.9. The third-order valence-corrected chi connectivity index (χ3v) is 3.85. The average molecular weight is 333 g/mol. The van der Waals surface area contributed by atoms with Crippen LogP contribution in [0.2, 0.25) is 0 Å². The molecular weight excluding hydrogens is 310 g/mol. The van der Waals surface area contributed by atoms with Crippen molar-refractivity contribution in [2.45, 2.75) is 32.6 Å². The van der Waals surface area contributed by atoms with E-state index in [0.717, 1.165) is 36.7 Å². The minimum atomic E-state index is -0.175. The van der Waals surface area contributed by atoms with Gasteiger partial charge >= 0.3 is 0 Å². The molecule has 2 rings (SSSR count). The van der Waals surface area contributed by atoms with Crippen LogP contribution in [0.25, 0.3) is 0 Å². The van der Waals surface area contributed by atoms with Crippen molar-refractivity contribution in [1.82, 2.24) is 5.32 Å². The van der Waals surface area contributed by atoms with Crippen molar-refractivity contribution in [3.63, 3.8) is 0 Å². The quantitative estimate of drug-likeness (QED) is 0.476. The van der Waals surface area contributed by atoms with Gasteiger partial charge in [0.05, 0.1) is 0 Å². The molecule has 0 heterocycles. The van der Waals surface area contributed by atoms with Crippen LogP contribution in [0.4, 0.5) is 0 Å². The topological polar surface area (TPSA) is 46.2 Å². The van der Waals surface area contributed by atoms with Gasteiger partial charge in [-0.15, -0.1) is 0 Å². The number of unbranched alkanes of at least 4 members (excludes halogenated alkanes) is 1. The number of rotatable bonds is 7. The molecule has 0 saturated heterocycles. The molecule has 2 aromatic carbocycles. The number of aldehydes is 1. The molecule has 0 radical (unpaired) electrons. The van der Waals surface area contributed by atoms with Gasteiger partial charge in [0, 0.05) is 29.7 Å². The smallest absolute Gasteiger partial charge is 0.251 e. The molecule has 0 saturated carbocycles. The number of amides is 1. The van der Waals surface area contributed by atoms with E-state index >= 15 is 0 Å². The number of hydrogen-bond donors (Lipinski definition) is 1. The second kappa shape index (κ2) is 10.1. The minimum absolute atomic E-state index is 0.175. The molecule has 0 aliphatic heterocycles. The number of hydrogen-bond acceptors (Lipinski definition) is 2. The van der Waals surface area contributed by atoms with E-state index in [2.05, 4.69) is 30.1 Å². The normalized spacial score (nSPS) is 9.80. The third kappa shape index (κ3) is 5.93. The standard InChI is InChI=1S/C22H23NO2/c1-2-3-7-19-8-4-5-9-20(19)13-10-18-11-14-21(15-12-18)22(25)23-16-6-17-24/h4-5,8-9,11-12,14-15,17H,2-3,6-7,16H2,1H3,(H,23,25). The van der Waals surface area contributed by atoms with E-state index in [1.54, 1.807) is 12.1 Å². The highest BCUT2D eigenvalue weighted by Gasteiger charge is 2.03. The first kappa shape index (κ1) is 18.5. The van der Waals surface area contributed by atoms with E-state index in [-0.39, 0.29) is 5.91 Å². The summed E-state index contributed by atoms with van der Waals surface area (Å²) in [5.41, 5.74) is 3.78. The molecule has 0 bridgehead atoms. The van der Waals surface area contributed by atoms with Crippen molar-refractivity contribution in [2.24, 2.45) is 0 Å². The summed E-state index contributed by atoms with van der Waals surface area (Å²) in [6.07, 6.45) is 4.48. The lowest BCUT2D eigenvalue weighted by atomic mass is 10.0. The van der Waals surface area contributed by atoms with E-state index in [0.29, 0.717) is 18.5 Å². The molecule has 0 aliphatic rings. The van der Waals surface area contributed by atoms with Crippen LogP contribution in [-0.2, 0) is 11.2 Å². The van der Waals surface area contributed by atoms with Gasteiger partial charge in [0.15, 0.2) is 0 Å². The Morgan fingerprint density at radius 1 is 1.08 bits per heavy atom. The Morgan fingerprint density at radius 2 is 1.84 bits per heavy atom. The summed E-state index contributed by atoms with van der Waals surface area (Å²) in [6, 6.07) is 15.4. The summed E-state index contributed by atoms with van der Waals surface area (Å²) < 4.78 is 0. The van der Waals surface area contributed by atoms with Gasteiger partial charge in [-0.3, -0.25) is 4.79 Å². The van der Waals surface area contributed by atoms with Crippen LogP contribution in [0.5, 0.6) is 0 Å². The van der Waals surface area contributed by atoms with Crippen molar-refractivity contribution in [2.75, 3.05) is 6.54 Å². The summed E-state index contributed by atoms with van der Waals surface area (Å²) in [7, 11) is 0. The predicted octanol–water partition coefficient (Wildman–Crippen LogP) is 3.75. The van der Waals surface area contributed by atoms with Gasteiger partial charge in [0.2, 0.25) is 0 Å². The SMILES string of the molecule is CCCCc1ccccc1C#Cc1ccc(C(=O)NCCC=O)cc1. The highest BCUT2D eigenvalue weighted by Crippen LogP contribution is 2.11. The van der Waals surface area contributed by atoms with E-state index in [1.165, 1.54) is 5.56 Å². The van der Waals surface area contributed by atoms with E-state index < -0.39 is 0 Å². The van der Waals surface area contributed by atoms with E-state index in [9.17, 15) is 9.59 Å². The first-order valence-corrected chi connectivity index (χ1v) is 8.66. The molecule has 1 amide bonds. The van der Waals surface area contributed by atoms with Crippen molar-refractivity contribution >= 4 is 12.2 Å². The van der Waals surface area contributed by atoms with Crippen LogP contribution in [-0.4, -0.2) is 18.7 Å². The lowest BCUT2D eigenvalue weighted by molar-refractivity contribution is -0.107. The van der Waals surface area contributed by atoms with Crippen LogP contribution >= 0.6 is 0 Å². The van der Waals surface area contributed by atoms with Crippen LogP contribution in [0.3, 0.4) is 0 Å². The molecule has 1 N–H and O–H groups in total. The van der Waals surface area contributed by atoms with Gasteiger partial charge in [-0.05, 0) is 48.7 Å². The predicted molar refractivity (Wildman–Crippen MR) is 100 cm³/mol. The molecule has 2 aromatic rings. The molecule has 3 nitrogen and oxygen atoms in total. The van der Waals surface area contributed by atoms with Gasteiger partial charge in [0.1, 0.15) is 6.29 Å². The molecule has 25 heavy (non-hydrogen) atoms. The molecule has 0 spiro atoms. The van der Waals surface area contributed by atoms with Crippen molar-refractivity contribution in [3.8, 4) is 11.8 Å². The van der Waals surface area contributed by atoms with Gasteiger partial charge in [-0.2, -0.15) is 0 Å². The Hall–Kier alpha value is -2.86. The van der Waals surface area contributed by atoms with Crippen molar-refractivity contribution < 1.29 is 9.59 Å². The highest BCUT2D eigenvalue weighted by atomic mass is 16.1. The fraction of sp³-hybridized carbons (Fsp3) is 0.273. The maximum atomic E-state index is 11.9. The Labute approximate surface area is 149 Å². The number of carbonyl (C=O) groups is 2. The van der Waals surface area contributed by atoms with Crippen LogP contribution in [0.15, 0.2) is 48.5 Å². The molecule has 128 valence electrons. The van der Waals surface area contributed by atoms with Crippen molar-refractivity contribution in [1.29, 1.82) is 0 Å². The Bertz CT molecular complexity index is 767. The zero-order valence-corrected chi connectivity index (χ0v) is 14.5. The molecular formula is C22H23NO2. The van der Waals surface area contributed by atoms with Crippen LogP contribution < -0.4 is 5.32 Å². The average Bonchev–Trinajstić information content (AvgIpc) is 2.66. The van der Waals surface area contributed by atoms with Gasteiger partial charge < -0.3 is 10.1 Å². The van der Waals surface area contributed by atoms with Crippen LogP contribution in [0, 0.1) is 11.8 Å². The maximum Gasteiger partial charge on any atom is 0.251 e. The van der Waals surface area contributed by atoms with Gasteiger partial charge in [0.25, 0.3) is 5.91 Å². The zero-order valence-electron chi connectivity index (χ0n) is 14.5. The Morgan fingerprint density at radius 3 is 2.56 bits per heavy atom. The third-order valence-electron chi connectivity index (χ3n) is 3.85. The van der Waals surface area contributed by atoms with Crippen molar-refractivity contribution in [3.05, 3.63) is 70.8 Å². The lowest BCUT2D eigenvalue weighted by Crippen LogP contribution is -2.24. The number of benzene rings is 2. The summed E-state index contributed by atoms with van der Waals surface area (Å²) in [5, 5.41) is 2.70.